The van der Waals surface area contributed by atoms with Crippen molar-refractivity contribution in [3.05, 3.63) is 64.7 Å². The quantitative estimate of drug-likeness (QED) is 0.185. The van der Waals surface area contributed by atoms with Crippen molar-refractivity contribution in [1.29, 1.82) is 0 Å². The van der Waals surface area contributed by atoms with Crippen molar-refractivity contribution in [3.63, 3.8) is 0 Å². The molecule has 0 aliphatic rings. The summed E-state index contributed by atoms with van der Waals surface area (Å²) >= 11 is 5.85. The lowest BCUT2D eigenvalue weighted by molar-refractivity contribution is -0.180. The highest BCUT2D eigenvalue weighted by Gasteiger charge is 2.34. The van der Waals surface area contributed by atoms with Crippen molar-refractivity contribution in [3.8, 4) is 5.75 Å². The minimum absolute atomic E-state index is 0.0814. The number of alkyl carbamates (subject to hydrolysis) is 2. The van der Waals surface area contributed by atoms with Crippen molar-refractivity contribution in [1.82, 2.24) is 16.0 Å². The van der Waals surface area contributed by atoms with Gasteiger partial charge in [-0.05, 0) is 83.0 Å². The standard InChI is InChI=1S/C29H38ClN3O8/c1-19(39-26(36)32-17-18-33-27(37)41-28(2,3)4)38-25(35)29(5,6)40-23-13-7-20(8-14-23)15-16-31-24(34)21-9-11-22(30)12-10-21/h7-14,19H,15-18H2,1-6H3,(H,31,34)(H,32,36)(H,33,37). The number of ether oxygens (including phenoxy) is 4. The van der Waals surface area contributed by atoms with Crippen LogP contribution in [0.5, 0.6) is 5.75 Å². The molecule has 0 heterocycles. The van der Waals surface area contributed by atoms with Crippen molar-refractivity contribution in [2.75, 3.05) is 19.6 Å². The lowest BCUT2D eigenvalue weighted by Gasteiger charge is -2.26. The lowest BCUT2D eigenvalue weighted by Crippen LogP contribution is -2.43. The van der Waals surface area contributed by atoms with Crippen LogP contribution < -0.4 is 20.7 Å². The highest BCUT2D eigenvalue weighted by atomic mass is 35.5. The average Bonchev–Trinajstić information content (AvgIpc) is 2.86. The monoisotopic (exact) mass is 591 g/mol. The molecule has 12 heteroatoms. The summed E-state index contributed by atoms with van der Waals surface area (Å²) < 4.78 is 21.1. The molecule has 0 radical (unpaired) electrons. The number of esters is 1. The number of hydrogen-bond acceptors (Lipinski definition) is 8. The van der Waals surface area contributed by atoms with Gasteiger partial charge in [0.25, 0.3) is 5.91 Å². The first-order chi connectivity index (χ1) is 19.1. The topological polar surface area (TPSA) is 141 Å². The first kappa shape index (κ1) is 33.2. The van der Waals surface area contributed by atoms with Crippen LogP contribution in [0.1, 0.15) is 57.5 Å². The predicted molar refractivity (Wildman–Crippen MR) is 153 cm³/mol. The van der Waals surface area contributed by atoms with Gasteiger partial charge in [-0.15, -0.1) is 0 Å². The molecule has 2 rings (SSSR count). The summed E-state index contributed by atoms with van der Waals surface area (Å²) in [5, 5.41) is 8.35. The second-order valence-electron chi connectivity index (χ2n) is 10.5. The van der Waals surface area contributed by atoms with Gasteiger partial charge in [0.15, 0.2) is 5.60 Å². The van der Waals surface area contributed by atoms with Crippen LogP contribution in [0.15, 0.2) is 48.5 Å². The molecule has 224 valence electrons. The summed E-state index contributed by atoms with van der Waals surface area (Å²) in [7, 11) is 0. The zero-order valence-electron chi connectivity index (χ0n) is 24.2. The van der Waals surface area contributed by atoms with Gasteiger partial charge in [-0.3, -0.25) is 4.79 Å². The molecule has 1 atom stereocenters. The maximum absolute atomic E-state index is 12.7. The fourth-order valence-electron chi connectivity index (χ4n) is 3.24. The van der Waals surface area contributed by atoms with Crippen molar-refractivity contribution in [2.24, 2.45) is 0 Å². The van der Waals surface area contributed by atoms with Gasteiger partial charge in [0.1, 0.15) is 11.4 Å². The molecule has 2 aromatic rings. The first-order valence-corrected chi connectivity index (χ1v) is 13.5. The van der Waals surface area contributed by atoms with Gasteiger partial charge in [-0.1, -0.05) is 23.7 Å². The van der Waals surface area contributed by atoms with Crippen LogP contribution in [0.3, 0.4) is 0 Å². The molecular formula is C29H38ClN3O8. The van der Waals surface area contributed by atoms with Crippen LogP contribution in [0, 0.1) is 0 Å². The van der Waals surface area contributed by atoms with Gasteiger partial charge in [-0.25, -0.2) is 14.4 Å². The molecule has 0 aliphatic heterocycles. The number of halogens is 1. The van der Waals surface area contributed by atoms with Crippen LogP contribution in [-0.4, -0.2) is 61.2 Å². The molecule has 2 aromatic carbocycles. The van der Waals surface area contributed by atoms with Crippen LogP contribution in [0.2, 0.25) is 5.02 Å². The van der Waals surface area contributed by atoms with E-state index < -0.39 is 35.6 Å². The SMILES string of the molecule is CC(OC(=O)NCCNC(=O)OC(C)(C)C)OC(=O)C(C)(C)Oc1ccc(CCNC(=O)c2ccc(Cl)cc2)cc1. The molecule has 0 fully saturated rings. The molecule has 3 N–H and O–H groups in total. The molecular weight excluding hydrogens is 554 g/mol. The first-order valence-electron chi connectivity index (χ1n) is 13.1. The highest BCUT2D eigenvalue weighted by Crippen LogP contribution is 2.21. The summed E-state index contributed by atoms with van der Waals surface area (Å²) in [6.07, 6.45) is -2.02. The normalized spacial score (nSPS) is 12.0. The summed E-state index contributed by atoms with van der Waals surface area (Å²) in [4.78, 5) is 48.4. The number of nitrogens with one attached hydrogen (secondary N) is 3. The van der Waals surface area contributed by atoms with Crippen LogP contribution >= 0.6 is 11.6 Å². The molecule has 1 unspecified atom stereocenters. The van der Waals surface area contributed by atoms with E-state index in [1.807, 2.05) is 12.1 Å². The number of rotatable bonds is 12. The fourth-order valence-corrected chi connectivity index (χ4v) is 3.36. The van der Waals surface area contributed by atoms with E-state index in [0.717, 1.165) is 5.56 Å². The Morgan fingerprint density at radius 3 is 1.95 bits per heavy atom. The maximum Gasteiger partial charge on any atom is 0.410 e. The van der Waals surface area contributed by atoms with Gasteiger partial charge in [0.2, 0.25) is 6.29 Å². The van der Waals surface area contributed by atoms with E-state index in [2.05, 4.69) is 16.0 Å². The molecule has 0 aromatic heterocycles. The molecule has 0 bridgehead atoms. The Kier molecular flexibility index (Phi) is 12.3. The predicted octanol–water partition coefficient (Wildman–Crippen LogP) is 4.61. The molecule has 0 aliphatic carbocycles. The van der Waals surface area contributed by atoms with Gasteiger partial charge >= 0.3 is 18.2 Å². The van der Waals surface area contributed by atoms with E-state index in [9.17, 15) is 19.2 Å². The molecule has 3 amide bonds. The fraction of sp³-hybridized carbons (Fsp3) is 0.448. The largest absolute Gasteiger partial charge is 0.476 e. The second-order valence-corrected chi connectivity index (χ2v) is 10.9. The van der Waals surface area contributed by atoms with E-state index in [4.69, 9.17) is 30.5 Å². The minimum Gasteiger partial charge on any atom is -0.476 e. The highest BCUT2D eigenvalue weighted by molar-refractivity contribution is 6.30. The Hall–Kier alpha value is -3.99. The molecule has 0 saturated carbocycles. The van der Waals surface area contributed by atoms with Gasteiger partial charge < -0.3 is 34.9 Å². The summed E-state index contributed by atoms with van der Waals surface area (Å²) in [6, 6.07) is 13.7. The van der Waals surface area contributed by atoms with Gasteiger partial charge in [0.05, 0.1) is 0 Å². The van der Waals surface area contributed by atoms with E-state index in [1.54, 1.807) is 57.2 Å². The van der Waals surface area contributed by atoms with Gasteiger partial charge in [-0.2, -0.15) is 0 Å². The maximum atomic E-state index is 12.7. The minimum atomic E-state index is -1.38. The number of benzene rings is 2. The van der Waals surface area contributed by atoms with Crippen molar-refractivity contribution >= 4 is 35.7 Å². The zero-order valence-corrected chi connectivity index (χ0v) is 24.9. The molecule has 11 nitrogen and oxygen atoms in total. The zero-order chi connectivity index (χ0) is 30.6. The van der Waals surface area contributed by atoms with E-state index in [1.165, 1.54) is 20.8 Å². The Balaban J connectivity index is 1.71. The van der Waals surface area contributed by atoms with Crippen LogP contribution in [-0.2, 0) is 25.4 Å². The third-order valence-electron chi connectivity index (χ3n) is 5.20. The third kappa shape index (κ3) is 12.8. The Morgan fingerprint density at radius 1 is 0.780 bits per heavy atom. The smallest absolute Gasteiger partial charge is 0.410 e. The number of hydrogen-bond donors (Lipinski definition) is 3. The summed E-state index contributed by atoms with van der Waals surface area (Å²) in [5.74, 6) is -0.490. The molecule has 0 spiro atoms. The summed E-state index contributed by atoms with van der Waals surface area (Å²) in [5.41, 5.74) is -0.515. The average molecular weight is 592 g/mol. The number of amides is 3. The number of carbonyl (C=O) groups excluding carboxylic acids is 4. The van der Waals surface area contributed by atoms with E-state index >= 15 is 0 Å². The van der Waals surface area contributed by atoms with Crippen molar-refractivity contribution < 1.29 is 38.1 Å². The molecule has 0 saturated heterocycles. The Bertz CT molecular complexity index is 1180. The lowest BCUT2D eigenvalue weighted by atomic mass is 10.1. The summed E-state index contributed by atoms with van der Waals surface area (Å²) in [6.45, 7) is 10.3. The Morgan fingerprint density at radius 2 is 1.37 bits per heavy atom. The van der Waals surface area contributed by atoms with E-state index in [-0.39, 0.29) is 19.0 Å². The van der Waals surface area contributed by atoms with Crippen LogP contribution in [0.25, 0.3) is 0 Å². The van der Waals surface area contributed by atoms with Crippen molar-refractivity contribution in [2.45, 2.75) is 65.5 Å². The second kappa shape index (κ2) is 15.1. The Labute approximate surface area is 245 Å². The van der Waals surface area contributed by atoms with Crippen LogP contribution in [0.4, 0.5) is 9.59 Å². The molecule has 41 heavy (non-hydrogen) atoms. The van der Waals surface area contributed by atoms with E-state index in [0.29, 0.717) is 29.3 Å². The van der Waals surface area contributed by atoms with Gasteiger partial charge in [0, 0.05) is 37.1 Å². The number of carbonyl (C=O) groups is 4. The third-order valence-corrected chi connectivity index (χ3v) is 5.45.